The van der Waals surface area contributed by atoms with Crippen LogP contribution in [0.4, 0.5) is 0 Å². The van der Waals surface area contributed by atoms with Gasteiger partial charge < -0.3 is 28.6 Å². The van der Waals surface area contributed by atoms with Crippen molar-refractivity contribution >= 4 is 34.5 Å². The standard InChI is InChI=1S/C28H29N3O8S/c1-2-35-24(32)16-40-27-29-21-14-19(25(33)30-9-7-28(8-10-30)38-11-12-39-28)4-5-20(21)26(34)31(27)15-18-3-6-22-23(13-18)37-17-36-22/h3-6,13-14H,2,7-12,15-17H2,1H3. The van der Waals surface area contributed by atoms with Crippen molar-refractivity contribution in [2.24, 2.45) is 0 Å². The Morgan fingerprint density at radius 3 is 2.60 bits per heavy atom. The quantitative estimate of drug-likeness (QED) is 0.240. The molecule has 0 atom stereocenters. The minimum Gasteiger partial charge on any atom is -0.465 e. The third-order valence-electron chi connectivity index (χ3n) is 7.20. The summed E-state index contributed by atoms with van der Waals surface area (Å²) in [5.74, 6) is 0.133. The van der Waals surface area contributed by atoms with Gasteiger partial charge in [0.1, 0.15) is 0 Å². The molecule has 0 saturated carbocycles. The zero-order chi connectivity index (χ0) is 27.7. The number of thioether (sulfide) groups is 1. The summed E-state index contributed by atoms with van der Waals surface area (Å²) >= 11 is 1.12. The molecule has 2 aromatic carbocycles. The van der Waals surface area contributed by atoms with Crippen LogP contribution in [0.5, 0.6) is 11.5 Å². The number of ether oxygens (including phenoxy) is 5. The van der Waals surface area contributed by atoms with Gasteiger partial charge in [-0.3, -0.25) is 19.0 Å². The third kappa shape index (κ3) is 5.26. The normalized spacial score (nSPS) is 17.5. The zero-order valence-electron chi connectivity index (χ0n) is 22.1. The van der Waals surface area contributed by atoms with Crippen molar-refractivity contribution in [1.82, 2.24) is 14.5 Å². The summed E-state index contributed by atoms with van der Waals surface area (Å²) in [5.41, 5.74) is 1.37. The first kappa shape index (κ1) is 26.6. The van der Waals surface area contributed by atoms with Crippen molar-refractivity contribution in [2.75, 3.05) is 45.5 Å². The van der Waals surface area contributed by atoms with E-state index in [1.807, 2.05) is 12.1 Å². The Morgan fingerprint density at radius 2 is 1.82 bits per heavy atom. The van der Waals surface area contributed by atoms with E-state index in [1.165, 1.54) is 4.57 Å². The highest BCUT2D eigenvalue weighted by atomic mass is 32.2. The molecule has 3 aliphatic heterocycles. The Kier molecular flexibility index (Phi) is 7.39. The Hall–Kier alpha value is -3.61. The van der Waals surface area contributed by atoms with Crippen molar-refractivity contribution in [2.45, 2.75) is 37.3 Å². The van der Waals surface area contributed by atoms with Crippen molar-refractivity contribution in [3.05, 3.63) is 57.9 Å². The molecule has 0 N–H and O–H groups in total. The highest BCUT2D eigenvalue weighted by Gasteiger charge is 2.41. The van der Waals surface area contributed by atoms with Crippen molar-refractivity contribution in [1.29, 1.82) is 0 Å². The zero-order valence-corrected chi connectivity index (χ0v) is 22.9. The molecule has 210 valence electrons. The number of carbonyl (C=O) groups excluding carboxylic acids is 2. The molecule has 1 spiro atoms. The third-order valence-corrected chi connectivity index (χ3v) is 8.15. The molecule has 4 heterocycles. The van der Waals surface area contributed by atoms with Crippen molar-refractivity contribution in [3.63, 3.8) is 0 Å². The molecule has 1 aromatic heterocycles. The van der Waals surface area contributed by atoms with E-state index >= 15 is 0 Å². The molecule has 0 bridgehead atoms. The lowest BCUT2D eigenvalue weighted by molar-refractivity contribution is -0.181. The predicted octanol–water partition coefficient (Wildman–Crippen LogP) is 2.81. The summed E-state index contributed by atoms with van der Waals surface area (Å²) in [4.78, 5) is 45.7. The lowest BCUT2D eigenvalue weighted by Crippen LogP contribution is -2.47. The Morgan fingerprint density at radius 1 is 1.05 bits per heavy atom. The molecule has 1 amide bonds. The first-order chi connectivity index (χ1) is 19.4. The molecule has 6 rings (SSSR count). The number of carbonyl (C=O) groups is 2. The number of piperidine rings is 1. The van der Waals surface area contributed by atoms with E-state index in [0.29, 0.717) is 72.3 Å². The monoisotopic (exact) mass is 567 g/mol. The molecular formula is C28H29N3O8S. The van der Waals surface area contributed by atoms with Crippen LogP contribution < -0.4 is 15.0 Å². The number of amides is 1. The van der Waals surface area contributed by atoms with Gasteiger partial charge in [0, 0.05) is 31.5 Å². The van der Waals surface area contributed by atoms with Gasteiger partial charge >= 0.3 is 5.97 Å². The molecule has 12 heteroatoms. The fourth-order valence-corrected chi connectivity index (χ4v) is 5.95. The molecule has 11 nitrogen and oxygen atoms in total. The van der Waals surface area contributed by atoms with Crippen LogP contribution in [-0.4, -0.2) is 77.6 Å². The number of fused-ring (bicyclic) bond motifs is 2. The van der Waals surface area contributed by atoms with Crippen LogP contribution >= 0.6 is 11.8 Å². The predicted molar refractivity (Wildman–Crippen MR) is 145 cm³/mol. The summed E-state index contributed by atoms with van der Waals surface area (Å²) in [7, 11) is 0. The number of hydrogen-bond acceptors (Lipinski definition) is 10. The minimum atomic E-state index is -0.574. The highest BCUT2D eigenvalue weighted by molar-refractivity contribution is 7.99. The average molecular weight is 568 g/mol. The largest absolute Gasteiger partial charge is 0.465 e. The van der Waals surface area contributed by atoms with E-state index in [2.05, 4.69) is 0 Å². The molecule has 2 fully saturated rings. The summed E-state index contributed by atoms with van der Waals surface area (Å²) in [5, 5.41) is 0.728. The molecule has 0 unspecified atom stereocenters. The SMILES string of the molecule is CCOC(=O)CSc1nc2cc(C(=O)N3CCC4(CC3)OCCO4)ccc2c(=O)n1Cc1ccc2c(c1)OCO2. The van der Waals surface area contributed by atoms with Crippen LogP contribution in [0.1, 0.15) is 35.7 Å². The summed E-state index contributed by atoms with van der Waals surface area (Å²) in [6, 6.07) is 10.4. The van der Waals surface area contributed by atoms with Crippen LogP contribution in [0.15, 0.2) is 46.3 Å². The van der Waals surface area contributed by atoms with E-state index in [0.717, 1.165) is 17.3 Å². The van der Waals surface area contributed by atoms with E-state index < -0.39 is 11.8 Å². The van der Waals surface area contributed by atoms with E-state index in [1.54, 1.807) is 36.1 Å². The summed E-state index contributed by atoms with van der Waals surface area (Å²) in [6.07, 6.45) is 1.23. The van der Waals surface area contributed by atoms with Gasteiger partial charge in [0.25, 0.3) is 11.5 Å². The van der Waals surface area contributed by atoms with Gasteiger partial charge in [0.2, 0.25) is 6.79 Å². The smallest absolute Gasteiger partial charge is 0.316 e. The van der Waals surface area contributed by atoms with E-state index in [9.17, 15) is 14.4 Å². The Bertz CT molecular complexity index is 1510. The van der Waals surface area contributed by atoms with Crippen LogP contribution in [-0.2, 0) is 25.5 Å². The summed E-state index contributed by atoms with van der Waals surface area (Å²) in [6.45, 7) is 4.54. The molecular weight excluding hydrogens is 538 g/mol. The molecule has 2 saturated heterocycles. The number of likely N-dealkylation sites (tertiary alicyclic amines) is 1. The minimum absolute atomic E-state index is 0.00871. The van der Waals surface area contributed by atoms with Crippen LogP contribution in [0.3, 0.4) is 0 Å². The van der Waals surface area contributed by atoms with Gasteiger partial charge in [-0.05, 0) is 42.8 Å². The van der Waals surface area contributed by atoms with Gasteiger partial charge in [-0.25, -0.2) is 4.98 Å². The topological polar surface area (TPSA) is 118 Å². The van der Waals surface area contributed by atoms with Gasteiger partial charge in [-0.2, -0.15) is 0 Å². The van der Waals surface area contributed by atoms with Crippen molar-refractivity contribution < 1.29 is 33.3 Å². The van der Waals surface area contributed by atoms with Crippen LogP contribution in [0, 0.1) is 0 Å². The second kappa shape index (κ2) is 11.1. The average Bonchev–Trinajstić information content (AvgIpc) is 3.63. The lowest BCUT2D eigenvalue weighted by Gasteiger charge is -2.37. The maximum absolute atomic E-state index is 13.7. The van der Waals surface area contributed by atoms with E-state index in [-0.39, 0.29) is 37.2 Å². The number of esters is 1. The van der Waals surface area contributed by atoms with Gasteiger partial charge in [-0.15, -0.1) is 0 Å². The molecule has 40 heavy (non-hydrogen) atoms. The number of rotatable bonds is 7. The van der Waals surface area contributed by atoms with Crippen LogP contribution in [0.25, 0.3) is 10.9 Å². The first-order valence-corrected chi connectivity index (χ1v) is 14.2. The highest BCUT2D eigenvalue weighted by Crippen LogP contribution is 2.34. The fourth-order valence-electron chi connectivity index (χ4n) is 5.15. The number of aromatic nitrogens is 2. The molecule has 3 aromatic rings. The Labute approximate surface area is 234 Å². The second-order valence-corrected chi connectivity index (χ2v) is 10.6. The number of benzene rings is 2. The van der Waals surface area contributed by atoms with Gasteiger partial charge in [0.05, 0.1) is 43.0 Å². The van der Waals surface area contributed by atoms with Gasteiger partial charge in [-0.1, -0.05) is 17.8 Å². The van der Waals surface area contributed by atoms with E-state index in [4.69, 9.17) is 28.7 Å². The number of hydrogen-bond donors (Lipinski definition) is 0. The molecule has 0 radical (unpaired) electrons. The second-order valence-electron chi connectivity index (χ2n) is 9.70. The fraction of sp³-hybridized carbons (Fsp3) is 0.429. The first-order valence-electron chi connectivity index (χ1n) is 13.2. The molecule has 0 aliphatic carbocycles. The number of nitrogens with zero attached hydrogens (tertiary/aromatic N) is 3. The molecule has 3 aliphatic rings. The maximum atomic E-state index is 13.7. The summed E-state index contributed by atoms with van der Waals surface area (Å²) < 4.78 is 29.0. The maximum Gasteiger partial charge on any atom is 0.316 e. The Balaban J connectivity index is 1.30. The van der Waals surface area contributed by atoms with Gasteiger partial charge in [0.15, 0.2) is 22.4 Å². The van der Waals surface area contributed by atoms with Crippen molar-refractivity contribution in [3.8, 4) is 11.5 Å². The van der Waals surface area contributed by atoms with Crippen LogP contribution in [0.2, 0.25) is 0 Å². The lowest BCUT2D eigenvalue weighted by atomic mass is 10.0.